The second-order valence-corrected chi connectivity index (χ2v) is 7.74. The standard InChI is InChI=1S/C27H23N5O/c33-26(20-10-6-11-21(16-20)32-27-28-14-7-15-29-27)31-17-23(19-8-2-1-3-9-19)24-18-30-25-13-5-4-12-22(24)25/h1-16,18,23,30H,17H2,(H,31,33)(H,28,29,32). The van der Waals surface area contributed by atoms with Crippen molar-refractivity contribution in [1.82, 2.24) is 20.3 Å². The second-order valence-electron chi connectivity index (χ2n) is 7.74. The highest BCUT2D eigenvalue weighted by atomic mass is 16.1. The number of nitrogens with zero attached hydrogens (tertiary/aromatic N) is 2. The van der Waals surface area contributed by atoms with Crippen LogP contribution in [0.3, 0.4) is 0 Å². The first-order chi connectivity index (χ1) is 16.3. The van der Waals surface area contributed by atoms with E-state index in [1.54, 1.807) is 30.6 Å². The molecule has 0 aliphatic rings. The molecule has 2 heterocycles. The van der Waals surface area contributed by atoms with Gasteiger partial charge in [0.25, 0.3) is 5.91 Å². The summed E-state index contributed by atoms with van der Waals surface area (Å²) in [6.07, 6.45) is 5.37. The molecule has 162 valence electrons. The molecule has 0 spiro atoms. The summed E-state index contributed by atoms with van der Waals surface area (Å²) in [4.78, 5) is 24.7. The van der Waals surface area contributed by atoms with Gasteiger partial charge in [-0.1, -0.05) is 54.6 Å². The van der Waals surface area contributed by atoms with Crippen LogP contribution in [0.2, 0.25) is 0 Å². The molecule has 0 saturated carbocycles. The molecule has 3 N–H and O–H groups in total. The molecule has 0 radical (unpaired) electrons. The van der Waals surface area contributed by atoms with Crippen LogP contribution in [-0.2, 0) is 0 Å². The van der Waals surface area contributed by atoms with Gasteiger partial charge in [0.2, 0.25) is 5.95 Å². The van der Waals surface area contributed by atoms with Crippen molar-refractivity contribution in [3.05, 3.63) is 120 Å². The van der Waals surface area contributed by atoms with Crippen LogP contribution in [0.5, 0.6) is 0 Å². The Morgan fingerprint density at radius 1 is 0.879 bits per heavy atom. The van der Waals surface area contributed by atoms with Crippen molar-refractivity contribution in [2.75, 3.05) is 11.9 Å². The van der Waals surface area contributed by atoms with E-state index >= 15 is 0 Å². The molecule has 1 unspecified atom stereocenters. The smallest absolute Gasteiger partial charge is 0.251 e. The van der Waals surface area contributed by atoms with Crippen molar-refractivity contribution < 1.29 is 4.79 Å². The molecule has 6 nitrogen and oxygen atoms in total. The van der Waals surface area contributed by atoms with Gasteiger partial charge in [-0.15, -0.1) is 0 Å². The van der Waals surface area contributed by atoms with E-state index in [-0.39, 0.29) is 11.8 Å². The number of H-pyrrole nitrogens is 1. The van der Waals surface area contributed by atoms with Crippen LogP contribution in [0.25, 0.3) is 10.9 Å². The number of carbonyl (C=O) groups excluding carboxylic acids is 1. The van der Waals surface area contributed by atoms with E-state index in [4.69, 9.17) is 0 Å². The van der Waals surface area contributed by atoms with E-state index in [1.165, 1.54) is 0 Å². The molecular formula is C27H23N5O. The Kier molecular flexibility index (Phi) is 5.80. The van der Waals surface area contributed by atoms with Crippen LogP contribution in [0.15, 0.2) is 104 Å². The molecule has 0 bridgehead atoms. The number of rotatable bonds is 7. The Hall–Kier alpha value is -4.45. The van der Waals surface area contributed by atoms with Gasteiger partial charge in [0.1, 0.15) is 0 Å². The van der Waals surface area contributed by atoms with Gasteiger partial charge in [-0.25, -0.2) is 9.97 Å². The predicted octanol–water partition coefficient (Wildman–Crippen LogP) is 5.26. The van der Waals surface area contributed by atoms with Gasteiger partial charge < -0.3 is 15.6 Å². The number of para-hydroxylation sites is 1. The molecule has 5 aromatic rings. The molecule has 0 saturated heterocycles. The monoisotopic (exact) mass is 433 g/mol. The molecule has 5 rings (SSSR count). The van der Waals surface area contributed by atoms with E-state index in [1.807, 2.05) is 48.7 Å². The van der Waals surface area contributed by atoms with E-state index in [2.05, 4.69) is 49.9 Å². The quantitative estimate of drug-likeness (QED) is 0.327. The molecule has 2 aromatic heterocycles. The van der Waals surface area contributed by atoms with Gasteiger partial charge in [-0.05, 0) is 41.5 Å². The Morgan fingerprint density at radius 3 is 2.52 bits per heavy atom. The third-order valence-corrected chi connectivity index (χ3v) is 5.61. The summed E-state index contributed by atoms with van der Waals surface area (Å²) in [7, 11) is 0. The Bertz CT molecular complexity index is 1370. The minimum absolute atomic E-state index is 0.0188. The van der Waals surface area contributed by atoms with E-state index < -0.39 is 0 Å². The molecule has 1 amide bonds. The van der Waals surface area contributed by atoms with Gasteiger partial charge in [-0.3, -0.25) is 4.79 Å². The zero-order chi connectivity index (χ0) is 22.5. The maximum Gasteiger partial charge on any atom is 0.251 e. The topological polar surface area (TPSA) is 82.7 Å². The minimum atomic E-state index is -0.131. The molecule has 33 heavy (non-hydrogen) atoms. The molecular weight excluding hydrogens is 410 g/mol. The fourth-order valence-electron chi connectivity index (χ4n) is 4.00. The summed E-state index contributed by atoms with van der Waals surface area (Å²) >= 11 is 0. The molecule has 6 heteroatoms. The summed E-state index contributed by atoms with van der Waals surface area (Å²) in [5, 5.41) is 7.42. The highest BCUT2D eigenvalue weighted by molar-refractivity contribution is 5.95. The van der Waals surface area contributed by atoms with Crippen molar-refractivity contribution in [2.24, 2.45) is 0 Å². The molecule has 3 aromatic carbocycles. The predicted molar refractivity (Wildman–Crippen MR) is 131 cm³/mol. The lowest BCUT2D eigenvalue weighted by atomic mass is 9.91. The Balaban J connectivity index is 1.37. The zero-order valence-electron chi connectivity index (χ0n) is 17.9. The summed E-state index contributed by atoms with van der Waals surface area (Å²) in [5.74, 6) is 0.372. The minimum Gasteiger partial charge on any atom is -0.361 e. The van der Waals surface area contributed by atoms with Gasteiger partial charge in [0, 0.05) is 53.2 Å². The number of fused-ring (bicyclic) bond motifs is 1. The number of benzene rings is 3. The second kappa shape index (κ2) is 9.36. The van der Waals surface area contributed by atoms with Crippen molar-refractivity contribution in [2.45, 2.75) is 5.92 Å². The summed E-state index contributed by atoms with van der Waals surface area (Å²) < 4.78 is 0. The number of hydrogen-bond donors (Lipinski definition) is 3. The first-order valence-corrected chi connectivity index (χ1v) is 10.8. The maximum absolute atomic E-state index is 13.0. The van der Waals surface area contributed by atoms with Gasteiger partial charge >= 0.3 is 0 Å². The SMILES string of the molecule is O=C(NCC(c1ccccc1)c1c[nH]c2ccccc12)c1cccc(Nc2ncccn2)c1. The molecule has 0 fully saturated rings. The normalized spacial score (nSPS) is 11.8. The van der Waals surface area contributed by atoms with Crippen molar-refractivity contribution in [1.29, 1.82) is 0 Å². The van der Waals surface area contributed by atoms with Gasteiger partial charge in [-0.2, -0.15) is 0 Å². The van der Waals surface area contributed by atoms with Crippen LogP contribution in [0.4, 0.5) is 11.6 Å². The number of amides is 1. The number of aromatic amines is 1. The van der Waals surface area contributed by atoms with Crippen LogP contribution >= 0.6 is 0 Å². The molecule has 1 atom stereocenters. The number of carbonyl (C=O) groups is 1. The Labute approximate surface area is 191 Å². The largest absolute Gasteiger partial charge is 0.361 e. The third-order valence-electron chi connectivity index (χ3n) is 5.61. The van der Waals surface area contributed by atoms with E-state index in [0.29, 0.717) is 18.1 Å². The zero-order valence-corrected chi connectivity index (χ0v) is 17.9. The first-order valence-electron chi connectivity index (χ1n) is 10.8. The lowest BCUT2D eigenvalue weighted by Gasteiger charge is -2.18. The van der Waals surface area contributed by atoms with Gasteiger partial charge in [0.15, 0.2) is 0 Å². The highest BCUT2D eigenvalue weighted by Crippen LogP contribution is 2.30. The third kappa shape index (κ3) is 4.60. The summed E-state index contributed by atoms with van der Waals surface area (Å²) in [6.45, 7) is 0.476. The van der Waals surface area contributed by atoms with Crippen LogP contribution in [0.1, 0.15) is 27.4 Å². The van der Waals surface area contributed by atoms with E-state index in [9.17, 15) is 4.79 Å². The Morgan fingerprint density at radius 2 is 1.67 bits per heavy atom. The highest BCUT2D eigenvalue weighted by Gasteiger charge is 2.19. The van der Waals surface area contributed by atoms with Gasteiger partial charge in [0.05, 0.1) is 0 Å². The average molecular weight is 434 g/mol. The number of anilines is 2. The van der Waals surface area contributed by atoms with Crippen molar-refractivity contribution in [3.63, 3.8) is 0 Å². The lowest BCUT2D eigenvalue weighted by molar-refractivity contribution is 0.0952. The average Bonchev–Trinajstić information content (AvgIpc) is 3.29. The first kappa shape index (κ1) is 20.5. The number of nitrogens with one attached hydrogen (secondary N) is 3. The van der Waals surface area contributed by atoms with Crippen LogP contribution < -0.4 is 10.6 Å². The molecule has 0 aliphatic carbocycles. The van der Waals surface area contributed by atoms with Crippen molar-refractivity contribution in [3.8, 4) is 0 Å². The van der Waals surface area contributed by atoms with E-state index in [0.717, 1.165) is 27.7 Å². The fraction of sp³-hybridized carbons (Fsp3) is 0.0741. The fourth-order valence-corrected chi connectivity index (χ4v) is 4.00. The molecule has 0 aliphatic heterocycles. The number of aromatic nitrogens is 3. The van der Waals surface area contributed by atoms with Crippen molar-refractivity contribution >= 4 is 28.4 Å². The lowest BCUT2D eigenvalue weighted by Crippen LogP contribution is -2.29. The summed E-state index contributed by atoms with van der Waals surface area (Å²) in [5.41, 5.74) is 4.72. The number of hydrogen-bond acceptors (Lipinski definition) is 4. The summed E-state index contributed by atoms with van der Waals surface area (Å²) in [6, 6.07) is 27.6. The van der Waals surface area contributed by atoms with Crippen LogP contribution in [-0.4, -0.2) is 27.4 Å². The maximum atomic E-state index is 13.0. The van der Waals surface area contributed by atoms with Crippen LogP contribution in [0, 0.1) is 0 Å².